The maximum atomic E-state index is 13.8. The largest absolute Gasteiger partial charge is 0.352 e. The molecule has 1 heterocycles. The van der Waals surface area contributed by atoms with E-state index in [1.54, 1.807) is 43.3 Å². The second-order valence-corrected chi connectivity index (χ2v) is 9.84. The van der Waals surface area contributed by atoms with Gasteiger partial charge in [0.15, 0.2) is 0 Å². The molecule has 170 valence electrons. The van der Waals surface area contributed by atoms with E-state index in [4.69, 9.17) is 11.6 Å². The summed E-state index contributed by atoms with van der Waals surface area (Å²) < 4.78 is 28.6. The molecule has 0 aliphatic carbocycles. The SMILES string of the molecule is Cc1c(Cl)cccc1S(=O)(=O)N1c2ccccc2NC(=O)C1CC(=O)NCc1ccccc1. The highest BCUT2D eigenvalue weighted by atomic mass is 35.5. The molecule has 9 heteroatoms. The molecule has 0 bridgehead atoms. The molecule has 33 heavy (non-hydrogen) atoms. The molecular formula is C24H22ClN3O4S. The van der Waals surface area contributed by atoms with Gasteiger partial charge in [-0.05, 0) is 42.3 Å². The molecule has 0 spiro atoms. The normalized spacial score (nSPS) is 15.5. The second kappa shape index (κ2) is 9.25. The van der Waals surface area contributed by atoms with Crippen LogP contribution < -0.4 is 14.9 Å². The highest BCUT2D eigenvalue weighted by molar-refractivity contribution is 7.93. The Hall–Kier alpha value is -3.36. The van der Waals surface area contributed by atoms with E-state index in [0.29, 0.717) is 16.3 Å². The van der Waals surface area contributed by atoms with Gasteiger partial charge in [0.2, 0.25) is 11.8 Å². The van der Waals surface area contributed by atoms with E-state index < -0.39 is 27.9 Å². The molecule has 3 aromatic carbocycles. The smallest absolute Gasteiger partial charge is 0.265 e. The zero-order valence-electron chi connectivity index (χ0n) is 17.8. The number of nitrogens with one attached hydrogen (secondary N) is 2. The number of nitrogens with zero attached hydrogens (tertiary/aromatic N) is 1. The van der Waals surface area contributed by atoms with Gasteiger partial charge in [0, 0.05) is 11.6 Å². The van der Waals surface area contributed by atoms with Crippen molar-refractivity contribution < 1.29 is 18.0 Å². The van der Waals surface area contributed by atoms with Crippen molar-refractivity contribution in [3.05, 3.63) is 88.9 Å². The van der Waals surface area contributed by atoms with Crippen molar-refractivity contribution in [1.29, 1.82) is 0 Å². The summed E-state index contributed by atoms with van der Waals surface area (Å²) in [4.78, 5) is 25.7. The summed E-state index contributed by atoms with van der Waals surface area (Å²) in [6.45, 7) is 1.87. The first-order valence-corrected chi connectivity index (χ1v) is 12.1. The van der Waals surface area contributed by atoms with Gasteiger partial charge in [0.1, 0.15) is 6.04 Å². The summed E-state index contributed by atoms with van der Waals surface area (Å²) in [5.74, 6) is -1.02. The minimum absolute atomic E-state index is 0.0193. The molecule has 2 N–H and O–H groups in total. The van der Waals surface area contributed by atoms with Crippen molar-refractivity contribution in [1.82, 2.24) is 5.32 Å². The topological polar surface area (TPSA) is 95.6 Å². The third kappa shape index (κ3) is 4.58. The lowest BCUT2D eigenvalue weighted by Crippen LogP contribution is -2.52. The van der Waals surface area contributed by atoms with Gasteiger partial charge in [0.25, 0.3) is 10.0 Å². The maximum Gasteiger partial charge on any atom is 0.265 e. The summed E-state index contributed by atoms with van der Waals surface area (Å²) in [6, 6.07) is 19.2. The van der Waals surface area contributed by atoms with Gasteiger partial charge in [-0.25, -0.2) is 8.42 Å². The number of fused-ring (bicyclic) bond motifs is 1. The van der Waals surface area contributed by atoms with Gasteiger partial charge in [-0.15, -0.1) is 0 Å². The van der Waals surface area contributed by atoms with E-state index in [9.17, 15) is 18.0 Å². The number of anilines is 2. The Morgan fingerprint density at radius 3 is 2.48 bits per heavy atom. The third-order valence-corrected chi connectivity index (χ3v) is 7.83. The molecule has 7 nitrogen and oxygen atoms in total. The number of hydrogen-bond acceptors (Lipinski definition) is 4. The minimum atomic E-state index is -4.22. The van der Waals surface area contributed by atoms with Crippen molar-refractivity contribution in [3.8, 4) is 0 Å². The molecule has 0 aromatic heterocycles. The molecule has 0 saturated carbocycles. The van der Waals surface area contributed by atoms with Gasteiger partial charge in [0.05, 0.1) is 22.7 Å². The van der Waals surface area contributed by atoms with Crippen molar-refractivity contribution >= 4 is 44.8 Å². The molecule has 1 atom stereocenters. The summed E-state index contributed by atoms with van der Waals surface area (Å²) in [5, 5.41) is 5.77. The Bertz CT molecular complexity index is 1310. The van der Waals surface area contributed by atoms with Crippen molar-refractivity contribution in [2.45, 2.75) is 30.8 Å². The van der Waals surface area contributed by atoms with Crippen molar-refractivity contribution in [2.75, 3.05) is 9.62 Å². The first-order chi connectivity index (χ1) is 15.8. The second-order valence-electron chi connectivity index (χ2n) is 7.65. The van der Waals surface area contributed by atoms with Gasteiger partial charge >= 0.3 is 0 Å². The number of hydrogen-bond donors (Lipinski definition) is 2. The van der Waals surface area contributed by atoms with Crippen LogP contribution in [0.15, 0.2) is 77.7 Å². The Morgan fingerprint density at radius 2 is 1.73 bits per heavy atom. The molecule has 3 aromatic rings. The highest BCUT2D eigenvalue weighted by Crippen LogP contribution is 2.38. The van der Waals surface area contributed by atoms with Gasteiger partial charge < -0.3 is 10.6 Å². The third-order valence-electron chi connectivity index (χ3n) is 5.45. The van der Waals surface area contributed by atoms with E-state index in [1.165, 1.54) is 6.07 Å². The molecule has 0 saturated heterocycles. The van der Waals surface area contributed by atoms with Crippen molar-refractivity contribution in [3.63, 3.8) is 0 Å². The van der Waals surface area contributed by atoms with Crippen LogP contribution in [0, 0.1) is 6.92 Å². The molecule has 1 aliphatic rings. The van der Waals surface area contributed by atoms with Crippen LogP contribution in [0.3, 0.4) is 0 Å². The van der Waals surface area contributed by atoms with Crippen LogP contribution in [0.4, 0.5) is 11.4 Å². The van der Waals surface area contributed by atoms with Gasteiger partial charge in [-0.1, -0.05) is 60.1 Å². The lowest BCUT2D eigenvalue weighted by Gasteiger charge is -2.37. The quantitative estimate of drug-likeness (QED) is 0.556. The predicted molar refractivity (Wildman–Crippen MR) is 128 cm³/mol. The Kier molecular flexibility index (Phi) is 6.40. The predicted octanol–water partition coefficient (Wildman–Crippen LogP) is 3.87. The van der Waals surface area contributed by atoms with Crippen LogP contribution in [0.5, 0.6) is 0 Å². The lowest BCUT2D eigenvalue weighted by molar-refractivity contribution is -0.125. The lowest BCUT2D eigenvalue weighted by atomic mass is 10.1. The Balaban J connectivity index is 1.70. The summed E-state index contributed by atoms with van der Waals surface area (Å²) >= 11 is 6.18. The summed E-state index contributed by atoms with van der Waals surface area (Å²) in [7, 11) is -4.22. The molecular weight excluding hydrogens is 462 g/mol. The van der Waals surface area contributed by atoms with Gasteiger partial charge in [-0.3, -0.25) is 13.9 Å². The standard InChI is InChI=1S/C24H22ClN3O4S/c1-16-18(25)10-7-13-22(16)33(31,32)28-20-12-6-5-11-19(20)27-24(30)21(28)14-23(29)26-15-17-8-3-2-4-9-17/h2-13,21H,14-15H2,1H3,(H,26,29)(H,27,30). The average Bonchev–Trinajstić information content (AvgIpc) is 2.80. The number of halogens is 1. The number of benzene rings is 3. The number of rotatable bonds is 6. The minimum Gasteiger partial charge on any atom is -0.352 e. The first kappa shape index (κ1) is 22.8. The van der Waals surface area contributed by atoms with Gasteiger partial charge in [-0.2, -0.15) is 0 Å². The van der Waals surface area contributed by atoms with E-state index in [0.717, 1.165) is 9.87 Å². The van der Waals surface area contributed by atoms with Crippen LogP contribution in [-0.2, 0) is 26.2 Å². The fraction of sp³-hybridized carbons (Fsp3) is 0.167. The van der Waals surface area contributed by atoms with E-state index in [2.05, 4.69) is 10.6 Å². The fourth-order valence-corrected chi connectivity index (χ4v) is 5.87. The zero-order valence-corrected chi connectivity index (χ0v) is 19.4. The Morgan fingerprint density at radius 1 is 1.03 bits per heavy atom. The van der Waals surface area contributed by atoms with Crippen LogP contribution in [0.1, 0.15) is 17.5 Å². The molecule has 4 rings (SSSR count). The number of para-hydroxylation sites is 2. The summed E-state index contributed by atoms with van der Waals surface area (Å²) in [6.07, 6.45) is -0.341. The first-order valence-electron chi connectivity index (χ1n) is 10.3. The summed E-state index contributed by atoms with van der Waals surface area (Å²) in [5.41, 5.74) is 1.90. The fourth-order valence-electron chi connectivity index (χ4n) is 3.75. The maximum absolute atomic E-state index is 13.8. The Labute approximate surface area is 197 Å². The van der Waals surface area contributed by atoms with E-state index >= 15 is 0 Å². The van der Waals surface area contributed by atoms with E-state index in [-0.39, 0.29) is 23.5 Å². The average molecular weight is 484 g/mol. The number of amides is 2. The number of carbonyl (C=O) groups is 2. The van der Waals surface area contributed by atoms with Crippen LogP contribution in [0.25, 0.3) is 0 Å². The number of carbonyl (C=O) groups excluding carboxylic acids is 2. The molecule has 2 amide bonds. The monoisotopic (exact) mass is 483 g/mol. The molecule has 1 aliphatic heterocycles. The van der Waals surface area contributed by atoms with E-state index in [1.807, 2.05) is 30.3 Å². The van der Waals surface area contributed by atoms with Crippen LogP contribution in [0.2, 0.25) is 5.02 Å². The molecule has 0 fully saturated rings. The highest BCUT2D eigenvalue weighted by Gasteiger charge is 2.42. The number of sulfonamides is 1. The molecule has 0 radical (unpaired) electrons. The van der Waals surface area contributed by atoms with Crippen LogP contribution >= 0.6 is 11.6 Å². The van der Waals surface area contributed by atoms with Crippen LogP contribution in [-0.4, -0.2) is 26.3 Å². The zero-order chi connectivity index (χ0) is 23.6. The van der Waals surface area contributed by atoms with Crippen molar-refractivity contribution in [2.24, 2.45) is 0 Å². The molecule has 1 unspecified atom stereocenters.